The zero-order valence-corrected chi connectivity index (χ0v) is 28.5. The molecule has 254 valence electrons. The van der Waals surface area contributed by atoms with Gasteiger partial charge in [-0.05, 0) is 103 Å². The molecule has 0 amide bonds. The Morgan fingerprint density at radius 1 is 0.620 bits per heavy atom. The molecule has 0 heterocycles. The van der Waals surface area contributed by atoms with Crippen LogP contribution >= 0.6 is 0 Å². The van der Waals surface area contributed by atoms with Crippen LogP contribution in [0.4, 0.5) is 21.9 Å². The number of ether oxygens (including phenoxy) is 5. The maximum atomic E-state index is 12.2. The van der Waals surface area contributed by atoms with E-state index in [1.165, 1.54) is 24.3 Å². The van der Waals surface area contributed by atoms with Crippen LogP contribution in [0, 0.1) is 13.8 Å². The molecule has 5 aromatic rings. The smallest absolute Gasteiger partial charge is 0.497 e. The molecule has 8 nitrogen and oxygen atoms in total. The Balaban J connectivity index is 1.35. The summed E-state index contributed by atoms with van der Waals surface area (Å²) in [5.41, 5.74) is 9.52. The van der Waals surface area contributed by atoms with Crippen LogP contribution in [-0.4, -0.2) is 32.4 Å². The summed E-state index contributed by atoms with van der Waals surface area (Å²) < 4.78 is 25.5. The lowest BCUT2D eigenvalue weighted by Gasteiger charge is -2.26. The van der Waals surface area contributed by atoms with Gasteiger partial charge in [0, 0.05) is 24.0 Å². The van der Waals surface area contributed by atoms with Crippen molar-refractivity contribution in [1.82, 2.24) is 0 Å². The Hall–Kier alpha value is -6.28. The van der Waals surface area contributed by atoms with Gasteiger partial charge in [0.2, 0.25) is 0 Å². The third-order valence-corrected chi connectivity index (χ3v) is 7.62. The molecule has 0 unspecified atom stereocenters. The minimum absolute atomic E-state index is 0.0434. The van der Waals surface area contributed by atoms with Crippen molar-refractivity contribution in [3.05, 3.63) is 162 Å². The summed E-state index contributed by atoms with van der Waals surface area (Å²) >= 11 is 0. The fourth-order valence-electron chi connectivity index (χ4n) is 5.06. The van der Waals surface area contributed by atoms with Crippen LogP contribution in [0.15, 0.2) is 134 Å². The Bertz CT molecular complexity index is 1870. The normalized spacial score (nSPS) is 11.2. The first kappa shape index (κ1) is 35.0. The van der Waals surface area contributed by atoms with E-state index < -0.39 is 12.1 Å². The van der Waals surface area contributed by atoms with Gasteiger partial charge in [-0.25, -0.2) is 4.79 Å². The van der Waals surface area contributed by atoms with Crippen LogP contribution in [0.3, 0.4) is 0 Å². The highest BCUT2D eigenvalue weighted by atomic mass is 16.7. The summed E-state index contributed by atoms with van der Waals surface area (Å²) in [7, 11) is 1.64. The van der Waals surface area contributed by atoms with Gasteiger partial charge in [0.25, 0.3) is 0 Å². The number of aryl methyl sites for hydroxylation is 2. The number of carbonyl (C=O) groups is 2. The Morgan fingerprint density at radius 2 is 1.12 bits per heavy atom. The van der Waals surface area contributed by atoms with Crippen molar-refractivity contribution in [2.45, 2.75) is 20.8 Å². The number of nitrogens with zero attached hydrogens (tertiary/aromatic N) is 1. The second-order valence-corrected chi connectivity index (χ2v) is 11.4. The number of esters is 1. The van der Waals surface area contributed by atoms with Crippen LogP contribution in [-0.2, 0) is 19.0 Å². The van der Waals surface area contributed by atoms with Gasteiger partial charge in [-0.15, -0.1) is 0 Å². The van der Waals surface area contributed by atoms with E-state index in [1.54, 1.807) is 19.2 Å². The molecule has 0 bridgehead atoms. The molecule has 0 aromatic heterocycles. The van der Waals surface area contributed by atoms with Crippen LogP contribution < -0.4 is 14.4 Å². The summed E-state index contributed by atoms with van der Waals surface area (Å²) in [5.74, 6) is 0.633. The van der Waals surface area contributed by atoms with Crippen molar-refractivity contribution in [2.24, 2.45) is 0 Å². The third kappa shape index (κ3) is 9.87. The number of hydrogen-bond acceptors (Lipinski definition) is 8. The van der Waals surface area contributed by atoms with E-state index >= 15 is 0 Å². The minimum Gasteiger partial charge on any atom is -0.497 e. The molecule has 0 atom stereocenters. The number of methoxy groups -OCH3 is 1. The molecule has 0 N–H and O–H groups in total. The average Bonchev–Trinajstić information content (AvgIpc) is 3.13. The first-order valence-corrected chi connectivity index (χ1v) is 16.1. The summed E-state index contributed by atoms with van der Waals surface area (Å²) in [6.45, 7) is 5.48. The van der Waals surface area contributed by atoms with E-state index in [0.717, 1.165) is 51.3 Å². The molecule has 0 aliphatic heterocycles. The Kier molecular flexibility index (Phi) is 12.1. The summed E-state index contributed by atoms with van der Waals surface area (Å²) in [6.07, 6.45) is 3.58. The number of benzene rings is 5. The topological polar surface area (TPSA) is 83.5 Å². The largest absolute Gasteiger partial charge is 0.513 e. The summed E-state index contributed by atoms with van der Waals surface area (Å²) in [6, 6.07) is 40.6. The zero-order chi connectivity index (χ0) is 35.3. The number of anilines is 3. The van der Waals surface area contributed by atoms with Crippen LogP contribution in [0.2, 0.25) is 0 Å². The highest BCUT2D eigenvalue weighted by Gasteiger charge is 2.14. The number of hydrogen-bond donors (Lipinski definition) is 0. The van der Waals surface area contributed by atoms with Crippen molar-refractivity contribution in [3.63, 3.8) is 0 Å². The number of carbonyl (C=O) groups excluding carboxylic acids is 2. The zero-order valence-electron chi connectivity index (χ0n) is 28.5. The van der Waals surface area contributed by atoms with E-state index in [2.05, 4.69) is 102 Å². The first-order valence-electron chi connectivity index (χ1n) is 16.1. The lowest BCUT2D eigenvalue weighted by molar-refractivity contribution is -0.135. The van der Waals surface area contributed by atoms with E-state index in [1.807, 2.05) is 36.4 Å². The van der Waals surface area contributed by atoms with E-state index in [9.17, 15) is 9.59 Å². The maximum absolute atomic E-state index is 12.2. The van der Waals surface area contributed by atoms with Crippen LogP contribution in [0.25, 0.3) is 11.6 Å². The Morgan fingerprint density at radius 3 is 1.62 bits per heavy atom. The van der Waals surface area contributed by atoms with Crippen LogP contribution in [0.1, 0.15) is 34.7 Å². The SMILES string of the molecule is COc1ccc(C(=Cc2ccc(N(c3ccc(C)cc3)c3ccc(C)cc3)cc2)c2ccc(OC(=O)OCCO/C=C/OC(C)=O)cc2)cc1. The van der Waals surface area contributed by atoms with Gasteiger partial charge < -0.3 is 28.6 Å². The van der Waals surface area contributed by atoms with Gasteiger partial charge in [0.1, 0.15) is 37.2 Å². The first-order chi connectivity index (χ1) is 24.3. The monoisotopic (exact) mass is 669 g/mol. The second kappa shape index (κ2) is 17.2. The fourth-order valence-corrected chi connectivity index (χ4v) is 5.06. The third-order valence-electron chi connectivity index (χ3n) is 7.62. The van der Waals surface area contributed by atoms with Crippen molar-refractivity contribution in [3.8, 4) is 11.5 Å². The minimum atomic E-state index is -0.860. The van der Waals surface area contributed by atoms with Crippen LogP contribution in [0.5, 0.6) is 11.5 Å². The Labute approximate surface area is 292 Å². The van der Waals surface area contributed by atoms with E-state index in [0.29, 0.717) is 5.75 Å². The molecule has 0 radical (unpaired) electrons. The maximum Gasteiger partial charge on any atom is 0.513 e. The molecule has 0 aliphatic carbocycles. The van der Waals surface area contributed by atoms with Crippen molar-refractivity contribution in [2.75, 3.05) is 25.2 Å². The van der Waals surface area contributed by atoms with E-state index in [-0.39, 0.29) is 13.2 Å². The van der Waals surface area contributed by atoms with Crippen molar-refractivity contribution >= 4 is 40.8 Å². The molecule has 0 aliphatic rings. The van der Waals surface area contributed by atoms with Crippen molar-refractivity contribution in [1.29, 1.82) is 0 Å². The summed E-state index contributed by atoms with van der Waals surface area (Å²) in [4.78, 5) is 25.2. The quantitative estimate of drug-likeness (QED) is 0.0403. The predicted molar refractivity (Wildman–Crippen MR) is 196 cm³/mol. The molecule has 5 rings (SSSR count). The molecular weight excluding hydrogens is 630 g/mol. The van der Waals surface area contributed by atoms with E-state index in [4.69, 9.17) is 18.9 Å². The second-order valence-electron chi connectivity index (χ2n) is 11.4. The lowest BCUT2D eigenvalue weighted by atomic mass is 9.95. The standard InChI is InChI=1S/C42H39NO7/c1-30-5-15-36(16-6-30)43(37-17-7-31(2)8-18-37)38-19-9-33(10-20-38)29-41(34-11-21-39(46-4)22-12-34)35-13-23-40(24-14-35)50-42(45)49-28-26-47-25-27-48-32(3)44/h5-25,27,29H,26,28H2,1-4H3/b27-25+,41-29?. The molecule has 8 heteroatoms. The van der Waals surface area contributed by atoms with Gasteiger partial charge in [0.15, 0.2) is 0 Å². The lowest BCUT2D eigenvalue weighted by Crippen LogP contribution is -2.13. The molecule has 5 aromatic carbocycles. The predicted octanol–water partition coefficient (Wildman–Crippen LogP) is 9.94. The van der Waals surface area contributed by atoms with Gasteiger partial charge in [-0.3, -0.25) is 4.79 Å². The van der Waals surface area contributed by atoms with Gasteiger partial charge >= 0.3 is 12.1 Å². The average molecular weight is 670 g/mol. The van der Waals surface area contributed by atoms with Crippen molar-refractivity contribution < 1.29 is 33.3 Å². The molecule has 0 saturated heterocycles. The fraction of sp³-hybridized carbons (Fsp3) is 0.143. The molecule has 0 fully saturated rings. The highest BCUT2D eigenvalue weighted by molar-refractivity contribution is 5.92. The summed E-state index contributed by atoms with van der Waals surface area (Å²) in [5, 5.41) is 0. The molecular formula is C42H39NO7. The molecule has 0 spiro atoms. The number of rotatable bonds is 13. The van der Waals surface area contributed by atoms with Gasteiger partial charge in [-0.2, -0.15) is 0 Å². The molecule has 0 saturated carbocycles. The van der Waals surface area contributed by atoms with Gasteiger partial charge in [0.05, 0.1) is 7.11 Å². The highest BCUT2D eigenvalue weighted by Crippen LogP contribution is 2.36. The van der Waals surface area contributed by atoms with Gasteiger partial charge in [-0.1, -0.05) is 71.8 Å². The molecule has 50 heavy (non-hydrogen) atoms.